The fourth-order valence-corrected chi connectivity index (χ4v) is 2.67. The quantitative estimate of drug-likeness (QED) is 0.799. The Morgan fingerprint density at radius 2 is 1.95 bits per heavy atom. The Balaban J connectivity index is 1.62. The average Bonchev–Trinajstić information content (AvgIpc) is 3.18. The highest BCUT2D eigenvalue weighted by Crippen LogP contribution is 2.43. The lowest BCUT2D eigenvalue weighted by atomic mass is 9.65. The van der Waals surface area contributed by atoms with Gasteiger partial charge in [-0.05, 0) is 61.9 Å². The normalized spacial score (nSPS) is 20.7. The minimum atomic E-state index is 0.0836. The van der Waals surface area contributed by atoms with E-state index in [9.17, 15) is 4.79 Å². The van der Waals surface area contributed by atoms with Crippen molar-refractivity contribution < 1.29 is 9.53 Å². The zero-order valence-corrected chi connectivity index (χ0v) is 11.2. The van der Waals surface area contributed by atoms with E-state index in [-0.39, 0.29) is 11.2 Å². The van der Waals surface area contributed by atoms with Crippen LogP contribution >= 0.6 is 0 Å². The molecule has 2 saturated carbocycles. The first-order valence-electron chi connectivity index (χ1n) is 7.21. The second kappa shape index (κ2) is 4.97. The van der Waals surface area contributed by atoms with Gasteiger partial charge in [-0.2, -0.15) is 0 Å². The molecule has 3 heteroatoms. The summed E-state index contributed by atoms with van der Waals surface area (Å²) in [6, 6.07) is 7.56. The molecular weight excluding hydrogens is 238 g/mol. The molecule has 0 spiro atoms. The molecule has 2 N–H and O–H groups in total. The number of carbonyl (C=O) groups excluding carboxylic acids is 1. The predicted molar refractivity (Wildman–Crippen MR) is 74.4 cm³/mol. The molecule has 0 saturated heterocycles. The van der Waals surface area contributed by atoms with Crippen molar-refractivity contribution in [2.45, 2.75) is 44.6 Å². The monoisotopic (exact) mass is 259 g/mol. The molecule has 3 nitrogen and oxygen atoms in total. The third-order valence-electron chi connectivity index (χ3n) is 4.39. The number of Topliss-reactive ketones (excluding diaryl/α,β-unsaturated/α-hetero) is 1. The van der Waals surface area contributed by atoms with Crippen LogP contribution in [0.15, 0.2) is 24.3 Å². The second-order valence-corrected chi connectivity index (χ2v) is 6.00. The zero-order valence-electron chi connectivity index (χ0n) is 11.2. The molecule has 0 unspecified atom stereocenters. The van der Waals surface area contributed by atoms with E-state index in [4.69, 9.17) is 10.5 Å². The van der Waals surface area contributed by atoms with E-state index < -0.39 is 0 Å². The molecule has 3 rings (SSSR count). The molecule has 0 amide bonds. The summed E-state index contributed by atoms with van der Waals surface area (Å²) in [6.45, 7) is 0.627. The molecule has 2 aliphatic carbocycles. The molecule has 0 radical (unpaired) electrons. The predicted octanol–water partition coefficient (Wildman–Crippen LogP) is 2.93. The van der Waals surface area contributed by atoms with Crippen molar-refractivity contribution in [3.63, 3.8) is 0 Å². The van der Waals surface area contributed by atoms with Crippen LogP contribution in [0.5, 0.6) is 5.75 Å². The van der Waals surface area contributed by atoms with E-state index in [0.29, 0.717) is 19.1 Å². The maximum Gasteiger partial charge on any atom is 0.163 e. The highest BCUT2D eigenvalue weighted by molar-refractivity contribution is 5.96. The van der Waals surface area contributed by atoms with Gasteiger partial charge in [-0.25, -0.2) is 0 Å². The van der Waals surface area contributed by atoms with Gasteiger partial charge >= 0.3 is 0 Å². The van der Waals surface area contributed by atoms with Gasteiger partial charge in [0.15, 0.2) is 5.78 Å². The topological polar surface area (TPSA) is 52.3 Å². The largest absolute Gasteiger partial charge is 0.490 e. The van der Waals surface area contributed by atoms with Crippen LogP contribution in [0.4, 0.5) is 0 Å². The maximum atomic E-state index is 12.3. The Morgan fingerprint density at radius 1 is 1.26 bits per heavy atom. The zero-order chi connectivity index (χ0) is 13.3. The first kappa shape index (κ1) is 12.7. The molecule has 2 fully saturated rings. The molecule has 0 heterocycles. The number of ether oxygens (including phenoxy) is 1. The molecule has 102 valence electrons. The van der Waals surface area contributed by atoms with E-state index in [1.165, 1.54) is 6.42 Å². The summed E-state index contributed by atoms with van der Waals surface area (Å²) in [5, 5.41) is 0. The van der Waals surface area contributed by atoms with Gasteiger partial charge in [-0.3, -0.25) is 4.79 Å². The van der Waals surface area contributed by atoms with Crippen molar-refractivity contribution in [2.24, 2.45) is 11.1 Å². The van der Waals surface area contributed by atoms with Crippen LogP contribution in [0, 0.1) is 5.41 Å². The van der Waals surface area contributed by atoms with Gasteiger partial charge in [-0.1, -0.05) is 6.42 Å². The first-order chi connectivity index (χ1) is 9.21. The maximum absolute atomic E-state index is 12.3. The van der Waals surface area contributed by atoms with Crippen molar-refractivity contribution >= 4 is 5.78 Å². The fraction of sp³-hybridized carbons (Fsp3) is 0.562. The molecule has 19 heavy (non-hydrogen) atoms. The summed E-state index contributed by atoms with van der Waals surface area (Å²) >= 11 is 0. The highest BCUT2D eigenvalue weighted by atomic mass is 16.5. The summed E-state index contributed by atoms with van der Waals surface area (Å²) in [5.41, 5.74) is 6.67. The summed E-state index contributed by atoms with van der Waals surface area (Å²) in [6.07, 6.45) is 6.69. The lowest BCUT2D eigenvalue weighted by Gasteiger charge is -2.40. The average molecular weight is 259 g/mol. The minimum absolute atomic E-state index is 0.0836. The van der Waals surface area contributed by atoms with Crippen LogP contribution in [-0.2, 0) is 0 Å². The number of ketones is 1. The Kier molecular flexibility index (Phi) is 3.31. The number of hydrogen-bond acceptors (Lipinski definition) is 3. The van der Waals surface area contributed by atoms with Crippen LogP contribution in [0.2, 0.25) is 0 Å². The van der Waals surface area contributed by atoms with Crippen LogP contribution < -0.4 is 10.5 Å². The number of rotatable bonds is 6. The van der Waals surface area contributed by atoms with Crippen molar-refractivity contribution in [1.29, 1.82) is 0 Å². The number of benzene rings is 1. The van der Waals surface area contributed by atoms with Gasteiger partial charge in [-0.15, -0.1) is 0 Å². The smallest absolute Gasteiger partial charge is 0.163 e. The summed E-state index contributed by atoms with van der Waals surface area (Å²) in [4.78, 5) is 12.3. The number of nitrogens with two attached hydrogens (primary N) is 1. The lowest BCUT2D eigenvalue weighted by Crippen LogP contribution is -2.39. The molecule has 1 aromatic carbocycles. The Labute approximate surface area is 114 Å². The van der Waals surface area contributed by atoms with Crippen molar-refractivity contribution in [1.82, 2.24) is 0 Å². The molecule has 2 aliphatic rings. The standard InChI is InChI=1S/C16H21NO2/c17-11-16(8-1-9-16)10-15(18)12-2-4-13(5-3-12)19-14-6-7-14/h2-5,14H,1,6-11,17H2. The van der Waals surface area contributed by atoms with Gasteiger partial charge in [0.05, 0.1) is 6.10 Å². The van der Waals surface area contributed by atoms with Crippen LogP contribution in [0.25, 0.3) is 0 Å². The number of hydrogen-bond donors (Lipinski definition) is 1. The molecule has 0 atom stereocenters. The van der Waals surface area contributed by atoms with Crippen LogP contribution in [-0.4, -0.2) is 18.4 Å². The molecular formula is C16H21NO2. The van der Waals surface area contributed by atoms with Crippen molar-refractivity contribution in [3.8, 4) is 5.75 Å². The van der Waals surface area contributed by atoms with Crippen LogP contribution in [0.3, 0.4) is 0 Å². The van der Waals surface area contributed by atoms with Crippen molar-refractivity contribution in [2.75, 3.05) is 6.54 Å². The van der Waals surface area contributed by atoms with Crippen molar-refractivity contribution in [3.05, 3.63) is 29.8 Å². The third-order valence-corrected chi connectivity index (χ3v) is 4.39. The first-order valence-corrected chi connectivity index (χ1v) is 7.21. The molecule has 1 aromatic rings. The van der Waals surface area contributed by atoms with E-state index in [1.54, 1.807) is 0 Å². The van der Waals surface area contributed by atoms with Gasteiger partial charge < -0.3 is 10.5 Å². The Bertz CT molecular complexity index is 453. The van der Waals surface area contributed by atoms with E-state index in [1.807, 2.05) is 24.3 Å². The lowest BCUT2D eigenvalue weighted by molar-refractivity contribution is 0.0786. The van der Waals surface area contributed by atoms with E-state index in [0.717, 1.165) is 37.0 Å². The SMILES string of the molecule is NCC1(CC(=O)c2ccc(OC3CC3)cc2)CCC1. The van der Waals surface area contributed by atoms with Crippen LogP contribution in [0.1, 0.15) is 48.9 Å². The van der Waals surface area contributed by atoms with E-state index in [2.05, 4.69) is 0 Å². The second-order valence-electron chi connectivity index (χ2n) is 6.00. The fourth-order valence-electron chi connectivity index (χ4n) is 2.67. The van der Waals surface area contributed by atoms with Gasteiger partial charge in [0, 0.05) is 12.0 Å². The van der Waals surface area contributed by atoms with Gasteiger partial charge in [0.2, 0.25) is 0 Å². The number of carbonyl (C=O) groups is 1. The molecule has 0 bridgehead atoms. The highest BCUT2D eigenvalue weighted by Gasteiger charge is 2.37. The van der Waals surface area contributed by atoms with Gasteiger partial charge in [0.1, 0.15) is 5.75 Å². The molecule has 0 aliphatic heterocycles. The third kappa shape index (κ3) is 2.81. The summed E-state index contributed by atoms with van der Waals surface area (Å²) in [5.74, 6) is 1.08. The summed E-state index contributed by atoms with van der Waals surface area (Å²) < 4.78 is 5.68. The Morgan fingerprint density at radius 3 is 2.42 bits per heavy atom. The van der Waals surface area contributed by atoms with E-state index >= 15 is 0 Å². The summed E-state index contributed by atoms with van der Waals surface area (Å²) in [7, 11) is 0. The molecule has 0 aromatic heterocycles. The minimum Gasteiger partial charge on any atom is -0.490 e. The Hall–Kier alpha value is -1.35. The van der Waals surface area contributed by atoms with Gasteiger partial charge in [0.25, 0.3) is 0 Å².